The summed E-state index contributed by atoms with van der Waals surface area (Å²) in [6.07, 6.45) is 0.887. The molecule has 0 spiro atoms. The van der Waals surface area contributed by atoms with Crippen molar-refractivity contribution in [2.75, 3.05) is 12.4 Å². The topological polar surface area (TPSA) is 50.4 Å². The maximum atomic E-state index is 11.6. The summed E-state index contributed by atoms with van der Waals surface area (Å²) in [5.41, 5.74) is 2.41. The number of hydrogen-bond acceptors (Lipinski definition) is 4. The lowest BCUT2D eigenvalue weighted by atomic mass is 9.80. The maximum absolute atomic E-state index is 11.6. The SMILES string of the molecule is COC(=O)[C@H]1C[C@@]2(C)c3ccccc3N[C@H]2N1. The molecule has 1 saturated heterocycles. The third kappa shape index (κ3) is 1.37. The number of nitrogens with one attached hydrogen (secondary N) is 2. The Kier molecular flexibility index (Phi) is 2.16. The average Bonchev–Trinajstić information content (AvgIpc) is 2.79. The standard InChI is InChI=1S/C13H16N2O2/c1-13-7-10(11(16)17-2)15-12(13)14-9-6-4-3-5-8(9)13/h3-6,10,12,14-15H,7H2,1-2H3/t10-,12+,13+/m1/s1. The minimum Gasteiger partial charge on any atom is -0.468 e. The van der Waals surface area contributed by atoms with Crippen LogP contribution in [0.25, 0.3) is 0 Å². The normalized spacial score (nSPS) is 33.8. The summed E-state index contributed by atoms with van der Waals surface area (Å²) in [5, 5.41) is 6.73. The Bertz CT molecular complexity index is 474. The second kappa shape index (κ2) is 3.47. The van der Waals surface area contributed by atoms with Crippen molar-refractivity contribution >= 4 is 11.7 Å². The minimum atomic E-state index is -0.212. The van der Waals surface area contributed by atoms with Gasteiger partial charge < -0.3 is 10.1 Å². The zero-order chi connectivity index (χ0) is 12.0. The van der Waals surface area contributed by atoms with Crippen molar-refractivity contribution in [2.24, 2.45) is 0 Å². The molecule has 0 saturated carbocycles. The highest BCUT2D eigenvalue weighted by Crippen LogP contribution is 2.46. The van der Waals surface area contributed by atoms with E-state index in [4.69, 9.17) is 4.74 Å². The van der Waals surface area contributed by atoms with Crippen LogP contribution in [0.3, 0.4) is 0 Å². The first kappa shape index (κ1) is 10.6. The Morgan fingerprint density at radius 1 is 1.47 bits per heavy atom. The molecule has 0 aliphatic carbocycles. The average molecular weight is 232 g/mol. The van der Waals surface area contributed by atoms with E-state index >= 15 is 0 Å². The van der Waals surface area contributed by atoms with Crippen LogP contribution in [0.2, 0.25) is 0 Å². The van der Waals surface area contributed by atoms with E-state index in [9.17, 15) is 4.79 Å². The summed E-state index contributed by atoms with van der Waals surface area (Å²) < 4.78 is 4.80. The number of hydrogen-bond donors (Lipinski definition) is 2. The second-order valence-corrected chi connectivity index (χ2v) is 4.99. The summed E-state index contributed by atoms with van der Waals surface area (Å²) in [7, 11) is 1.43. The van der Waals surface area contributed by atoms with Gasteiger partial charge in [-0.2, -0.15) is 0 Å². The van der Waals surface area contributed by atoms with Crippen molar-refractivity contribution in [2.45, 2.75) is 31.0 Å². The lowest BCUT2D eigenvalue weighted by Gasteiger charge is -2.22. The maximum Gasteiger partial charge on any atom is 0.322 e. The van der Waals surface area contributed by atoms with Gasteiger partial charge in [-0.05, 0) is 18.1 Å². The van der Waals surface area contributed by atoms with Crippen molar-refractivity contribution in [3.63, 3.8) is 0 Å². The van der Waals surface area contributed by atoms with Crippen LogP contribution >= 0.6 is 0 Å². The molecule has 3 atom stereocenters. The van der Waals surface area contributed by atoms with E-state index in [-0.39, 0.29) is 23.6 Å². The number of anilines is 1. The monoisotopic (exact) mass is 232 g/mol. The number of carbonyl (C=O) groups excluding carboxylic acids is 1. The van der Waals surface area contributed by atoms with Crippen molar-refractivity contribution in [1.29, 1.82) is 0 Å². The van der Waals surface area contributed by atoms with Gasteiger partial charge in [0.25, 0.3) is 0 Å². The highest BCUT2D eigenvalue weighted by atomic mass is 16.5. The molecular weight excluding hydrogens is 216 g/mol. The third-order valence-corrected chi connectivity index (χ3v) is 3.96. The van der Waals surface area contributed by atoms with Crippen LogP contribution in [0.1, 0.15) is 18.9 Å². The van der Waals surface area contributed by atoms with Gasteiger partial charge in [0.15, 0.2) is 0 Å². The first-order valence-electron chi connectivity index (χ1n) is 5.85. The molecule has 17 heavy (non-hydrogen) atoms. The van der Waals surface area contributed by atoms with E-state index in [0.29, 0.717) is 0 Å². The van der Waals surface area contributed by atoms with Crippen molar-refractivity contribution in [3.8, 4) is 0 Å². The molecule has 0 unspecified atom stereocenters. The highest BCUT2D eigenvalue weighted by molar-refractivity contribution is 5.78. The molecule has 2 N–H and O–H groups in total. The fourth-order valence-corrected chi connectivity index (χ4v) is 3.01. The molecule has 2 aliphatic heterocycles. The number of carbonyl (C=O) groups is 1. The van der Waals surface area contributed by atoms with Crippen LogP contribution < -0.4 is 10.6 Å². The summed E-state index contributed by atoms with van der Waals surface area (Å²) in [4.78, 5) is 11.6. The Hall–Kier alpha value is -1.55. The lowest BCUT2D eigenvalue weighted by Crippen LogP contribution is -2.42. The minimum absolute atomic E-state index is 0.0323. The van der Waals surface area contributed by atoms with E-state index in [0.717, 1.165) is 12.1 Å². The molecule has 0 radical (unpaired) electrons. The van der Waals surface area contributed by atoms with Crippen molar-refractivity contribution in [1.82, 2.24) is 5.32 Å². The Balaban J connectivity index is 1.94. The number of fused-ring (bicyclic) bond motifs is 3. The predicted molar refractivity (Wildman–Crippen MR) is 64.8 cm³/mol. The second-order valence-electron chi connectivity index (χ2n) is 4.99. The van der Waals surface area contributed by atoms with E-state index in [1.165, 1.54) is 12.7 Å². The van der Waals surface area contributed by atoms with Crippen LogP contribution in [0, 0.1) is 0 Å². The van der Waals surface area contributed by atoms with Gasteiger partial charge in [-0.1, -0.05) is 25.1 Å². The predicted octanol–water partition coefficient (Wildman–Crippen LogP) is 1.23. The molecule has 3 rings (SSSR count). The van der Waals surface area contributed by atoms with Crippen LogP contribution in [0.4, 0.5) is 5.69 Å². The van der Waals surface area contributed by atoms with Crippen molar-refractivity contribution < 1.29 is 9.53 Å². The van der Waals surface area contributed by atoms with E-state index in [2.05, 4.69) is 29.7 Å². The van der Waals surface area contributed by atoms with Gasteiger partial charge in [0.2, 0.25) is 0 Å². The summed E-state index contributed by atoms with van der Waals surface area (Å²) >= 11 is 0. The molecule has 1 fully saturated rings. The van der Waals surface area contributed by atoms with Gasteiger partial charge in [0, 0.05) is 11.1 Å². The molecule has 4 heteroatoms. The first-order chi connectivity index (χ1) is 8.15. The number of para-hydroxylation sites is 1. The molecule has 0 aromatic heterocycles. The molecule has 2 aliphatic rings. The van der Waals surface area contributed by atoms with Crippen LogP contribution in [0.5, 0.6) is 0 Å². The van der Waals surface area contributed by atoms with Crippen LogP contribution in [0.15, 0.2) is 24.3 Å². The van der Waals surface area contributed by atoms with Crippen molar-refractivity contribution in [3.05, 3.63) is 29.8 Å². The van der Waals surface area contributed by atoms with Gasteiger partial charge in [-0.3, -0.25) is 10.1 Å². The summed E-state index contributed by atoms with van der Waals surface area (Å²) in [6, 6.07) is 8.06. The zero-order valence-electron chi connectivity index (χ0n) is 9.99. The summed E-state index contributed by atoms with van der Waals surface area (Å²) in [5.74, 6) is -0.181. The smallest absolute Gasteiger partial charge is 0.322 e. The lowest BCUT2D eigenvalue weighted by molar-refractivity contribution is -0.142. The number of esters is 1. The van der Waals surface area contributed by atoms with E-state index in [1.807, 2.05) is 12.1 Å². The number of benzene rings is 1. The fourth-order valence-electron chi connectivity index (χ4n) is 3.01. The van der Waals surface area contributed by atoms with Gasteiger partial charge in [-0.25, -0.2) is 0 Å². The van der Waals surface area contributed by atoms with E-state index in [1.54, 1.807) is 0 Å². The van der Waals surface area contributed by atoms with Crippen LogP contribution in [-0.4, -0.2) is 25.3 Å². The largest absolute Gasteiger partial charge is 0.468 e. The molecular formula is C13H16N2O2. The van der Waals surface area contributed by atoms with Gasteiger partial charge >= 0.3 is 5.97 Å². The molecule has 2 heterocycles. The Labute approximate surface area is 100 Å². The zero-order valence-corrected chi connectivity index (χ0v) is 9.99. The number of ether oxygens (including phenoxy) is 1. The fraction of sp³-hybridized carbons (Fsp3) is 0.462. The first-order valence-corrected chi connectivity index (χ1v) is 5.85. The third-order valence-electron chi connectivity index (χ3n) is 3.96. The van der Waals surface area contributed by atoms with Crippen LogP contribution in [-0.2, 0) is 14.9 Å². The molecule has 0 amide bonds. The molecule has 1 aromatic carbocycles. The highest BCUT2D eigenvalue weighted by Gasteiger charge is 2.51. The summed E-state index contributed by atoms with van der Waals surface area (Å²) in [6.45, 7) is 2.19. The molecule has 4 nitrogen and oxygen atoms in total. The number of rotatable bonds is 1. The molecule has 90 valence electrons. The van der Waals surface area contributed by atoms with Gasteiger partial charge in [0.1, 0.15) is 6.04 Å². The van der Waals surface area contributed by atoms with Gasteiger partial charge in [0.05, 0.1) is 13.3 Å². The Morgan fingerprint density at radius 3 is 3.00 bits per heavy atom. The molecule has 1 aromatic rings. The Morgan fingerprint density at radius 2 is 2.24 bits per heavy atom. The number of methoxy groups -OCH3 is 1. The van der Waals surface area contributed by atoms with E-state index < -0.39 is 0 Å². The molecule has 0 bridgehead atoms. The van der Waals surface area contributed by atoms with Gasteiger partial charge in [-0.15, -0.1) is 0 Å². The quantitative estimate of drug-likeness (QED) is 0.715.